The zero-order valence-corrected chi connectivity index (χ0v) is 27.1. The molecule has 2 aromatic rings. The largest absolute Gasteiger partial charge is 0.469 e. The zero-order chi connectivity index (χ0) is 31.7. The summed E-state index contributed by atoms with van der Waals surface area (Å²) in [6.45, 7) is 11.2. The first-order valence-electron chi connectivity index (χ1n) is 13.6. The van der Waals surface area contributed by atoms with Crippen LogP contribution in [0.15, 0.2) is 54.6 Å². The number of hydrogen-bond acceptors (Lipinski definition) is 8. The molecule has 2 aromatic carbocycles. The molecule has 2 amide bonds. The first kappa shape index (κ1) is 35.1. The maximum atomic E-state index is 12.4. The van der Waals surface area contributed by atoms with Crippen LogP contribution in [0.2, 0.25) is 0 Å². The van der Waals surface area contributed by atoms with Crippen LogP contribution in [0.1, 0.15) is 66.4 Å². The van der Waals surface area contributed by atoms with Gasteiger partial charge >= 0.3 is 100 Å². The smallest absolute Gasteiger partial charge is 0.407 e. The Kier molecular flexibility index (Phi) is 12.4. The fourth-order valence-electron chi connectivity index (χ4n) is 4.71. The summed E-state index contributed by atoms with van der Waals surface area (Å²) in [7, 11) is 1.42. The van der Waals surface area contributed by atoms with Crippen molar-refractivity contribution >= 4 is 42.2 Å². The molecular formula is C30H43AsN2O9. The van der Waals surface area contributed by atoms with Crippen LogP contribution in [-0.2, 0) is 32.1 Å². The summed E-state index contributed by atoms with van der Waals surface area (Å²) in [4.78, 5) is 34.9. The number of carbonyl (C=O) groups is 3. The molecule has 0 aliphatic heterocycles. The molecule has 1 aliphatic carbocycles. The van der Waals surface area contributed by atoms with Crippen molar-refractivity contribution in [1.82, 2.24) is 5.32 Å². The van der Waals surface area contributed by atoms with E-state index in [2.05, 4.69) is 40.5 Å². The first-order valence-corrected chi connectivity index (χ1v) is 17.0. The number of hydrogen-bond donors (Lipinski definition) is 4. The van der Waals surface area contributed by atoms with Gasteiger partial charge in [-0.3, -0.25) is 4.79 Å². The number of nitrogens with one attached hydrogen (secondary N) is 2. The Morgan fingerprint density at radius 3 is 2.17 bits per heavy atom. The molecule has 0 heterocycles. The Morgan fingerprint density at radius 2 is 1.64 bits per heavy atom. The Hall–Kier alpha value is -3.11. The number of benzene rings is 2. The van der Waals surface area contributed by atoms with Gasteiger partial charge in [-0.25, -0.2) is 4.79 Å². The third kappa shape index (κ3) is 10.9. The SMILES string of the molecule is CC(=O)Nc1cccc([As](=O)(O)OO)c1.COC(=O)C1CC(C(CC(C)(C)c2ccccc2)NC(=O)OC(C)(C)C)C1. The normalized spacial score (nSPS) is 18.6. The second-order valence-electron chi connectivity index (χ2n) is 12.0. The molecule has 232 valence electrons. The maximum Gasteiger partial charge on any atom is 0.407 e. The molecular weight excluding hydrogens is 607 g/mol. The average Bonchev–Trinajstić information content (AvgIpc) is 2.87. The van der Waals surface area contributed by atoms with Crippen molar-refractivity contribution in [3.8, 4) is 0 Å². The van der Waals surface area contributed by atoms with Crippen LogP contribution in [0.25, 0.3) is 0 Å². The summed E-state index contributed by atoms with van der Waals surface area (Å²) in [6.07, 6.45) is 1.84. The molecule has 0 spiro atoms. The van der Waals surface area contributed by atoms with E-state index in [1.165, 1.54) is 37.8 Å². The van der Waals surface area contributed by atoms with Crippen molar-refractivity contribution in [3.05, 3.63) is 60.2 Å². The fraction of sp³-hybridized carbons (Fsp3) is 0.500. The molecule has 1 aliphatic rings. The first-order chi connectivity index (χ1) is 19.5. The molecule has 2 unspecified atom stereocenters. The Morgan fingerprint density at radius 1 is 1.02 bits per heavy atom. The van der Waals surface area contributed by atoms with Gasteiger partial charge in [0.05, 0.1) is 13.0 Å². The predicted octanol–water partition coefficient (Wildman–Crippen LogP) is 4.15. The van der Waals surface area contributed by atoms with Gasteiger partial charge < -0.3 is 14.8 Å². The van der Waals surface area contributed by atoms with Crippen LogP contribution in [-0.4, -0.2) is 60.2 Å². The van der Waals surface area contributed by atoms with Crippen LogP contribution in [0, 0.1) is 11.8 Å². The van der Waals surface area contributed by atoms with E-state index in [4.69, 9.17) is 14.7 Å². The molecule has 12 heteroatoms. The minimum atomic E-state index is -4.83. The Bertz CT molecular complexity index is 1250. The van der Waals surface area contributed by atoms with Gasteiger partial charge in [0.15, 0.2) is 0 Å². The Balaban J connectivity index is 0.000000347. The second kappa shape index (κ2) is 14.9. The fourth-order valence-corrected chi connectivity index (χ4v) is 6.12. The zero-order valence-electron chi connectivity index (χ0n) is 25.2. The molecule has 3 rings (SSSR count). The molecule has 0 saturated heterocycles. The van der Waals surface area contributed by atoms with E-state index in [0.717, 1.165) is 19.3 Å². The molecule has 0 bridgehead atoms. The number of rotatable bonds is 9. The molecule has 2 atom stereocenters. The third-order valence-corrected chi connectivity index (χ3v) is 9.29. The van der Waals surface area contributed by atoms with E-state index in [9.17, 15) is 22.2 Å². The van der Waals surface area contributed by atoms with Gasteiger partial charge in [0.2, 0.25) is 0 Å². The summed E-state index contributed by atoms with van der Waals surface area (Å²) in [5.41, 5.74) is 0.937. The van der Waals surface area contributed by atoms with Gasteiger partial charge in [-0.05, 0) is 56.9 Å². The van der Waals surface area contributed by atoms with E-state index in [0.29, 0.717) is 5.69 Å². The Labute approximate surface area is 250 Å². The van der Waals surface area contributed by atoms with E-state index in [1.54, 1.807) is 6.07 Å². The van der Waals surface area contributed by atoms with E-state index >= 15 is 0 Å². The van der Waals surface area contributed by atoms with Crippen LogP contribution < -0.4 is 15.0 Å². The number of carbonyl (C=O) groups excluding carboxylic acids is 3. The number of esters is 1. The molecule has 4 N–H and O–H groups in total. The van der Waals surface area contributed by atoms with E-state index in [1.807, 2.05) is 39.0 Å². The standard InChI is InChI=1S/C22H33NO4.C8H10AsNO5/c1-21(2,3)27-20(25)23-18(15-12-16(13-15)19(24)26-6)14-22(4,5)17-10-8-7-9-11-17;1-6(11)10-8-4-2-3-7(5-8)9(12,13)15-14/h7-11,15-16,18H,12-14H2,1-6H3,(H,23,25);2-5,14H,1H3,(H,10,11)(H,12,13). The van der Waals surface area contributed by atoms with Crippen molar-refractivity contribution in [2.75, 3.05) is 12.4 Å². The van der Waals surface area contributed by atoms with Crippen molar-refractivity contribution in [2.45, 2.75) is 77.9 Å². The van der Waals surface area contributed by atoms with Gasteiger partial charge in [-0.15, -0.1) is 0 Å². The summed E-state index contributed by atoms with van der Waals surface area (Å²) in [5.74, 6) is -0.283. The quantitative estimate of drug-likeness (QED) is 0.135. The van der Waals surface area contributed by atoms with Gasteiger partial charge in [-0.1, -0.05) is 44.2 Å². The van der Waals surface area contributed by atoms with Crippen molar-refractivity contribution in [3.63, 3.8) is 0 Å². The monoisotopic (exact) mass is 650 g/mol. The second-order valence-corrected chi connectivity index (χ2v) is 15.6. The summed E-state index contributed by atoms with van der Waals surface area (Å²) in [5, 5.41) is 13.8. The van der Waals surface area contributed by atoms with Gasteiger partial charge in [-0.2, -0.15) is 0 Å². The molecule has 1 saturated carbocycles. The topological polar surface area (TPSA) is 160 Å². The number of methoxy groups -OCH3 is 1. The maximum absolute atomic E-state index is 12.4. The van der Waals surface area contributed by atoms with Crippen molar-refractivity contribution < 1.29 is 40.8 Å². The van der Waals surface area contributed by atoms with Gasteiger partial charge in [0.25, 0.3) is 0 Å². The number of ether oxygens (including phenoxy) is 2. The van der Waals surface area contributed by atoms with Crippen LogP contribution in [0.4, 0.5) is 10.5 Å². The molecule has 42 heavy (non-hydrogen) atoms. The van der Waals surface area contributed by atoms with Crippen LogP contribution >= 0.6 is 0 Å². The summed E-state index contributed by atoms with van der Waals surface area (Å²) < 4.78 is 34.3. The number of alkyl carbamates (subject to hydrolysis) is 1. The van der Waals surface area contributed by atoms with Crippen molar-refractivity contribution in [1.29, 1.82) is 0 Å². The van der Waals surface area contributed by atoms with Gasteiger partial charge in [0.1, 0.15) is 5.60 Å². The third-order valence-electron chi connectivity index (χ3n) is 6.87. The summed E-state index contributed by atoms with van der Waals surface area (Å²) >= 11 is -4.83. The molecule has 11 nitrogen and oxygen atoms in total. The van der Waals surface area contributed by atoms with Crippen molar-refractivity contribution in [2.24, 2.45) is 11.8 Å². The summed E-state index contributed by atoms with van der Waals surface area (Å²) in [6, 6.07) is 15.9. The predicted molar refractivity (Wildman–Crippen MR) is 158 cm³/mol. The number of amides is 2. The van der Waals surface area contributed by atoms with E-state index < -0.39 is 25.9 Å². The minimum absolute atomic E-state index is 0.0399. The molecule has 0 radical (unpaired) electrons. The molecule has 1 fully saturated rings. The van der Waals surface area contributed by atoms with Gasteiger partial charge in [0, 0.05) is 6.04 Å². The van der Waals surface area contributed by atoms with E-state index in [-0.39, 0.29) is 39.5 Å². The molecule has 0 aromatic heterocycles. The van der Waals surface area contributed by atoms with Crippen LogP contribution in [0.3, 0.4) is 0 Å². The van der Waals surface area contributed by atoms with Crippen LogP contribution in [0.5, 0.6) is 0 Å². The minimum Gasteiger partial charge on any atom is -0.469 e. The number of anilines is 1. The average molecular weight is 651 g/mol.